The first-order chi connectivity index (χ1) is 8.83. The molecule has 0 fully saturated rings. The number of hydrogen-bond acceptors (Lipinski definition) is 3. The number of nitro benzene ring substituents is 1. The number of nitrogens with zero attached hydrogens (tertiary/aromatic N) is 1. The van der Waals surface area contributed by atoms with E-state index in [9.17, 15) is 23.3 Å². The quantitative estimate of drug-likeness (QED) is 0.337. The molecule has 0 aromatic heterocycles. The van der Waals surface area contributed by atoms with Gasteiger partial charge < -0.3 is 4.74 Å². The van der Waals surface area contributed by atoms with Gasteiger partial charge in [0.15, 0.2) is 5.75 Å². The average molecular weight is 342 g/mol. The molecule has 1 aromatic carbocycles. The Bertz CT molecular complexity index is 451. The molecule has 0 amide bonds. The first-order valence-electron chi connectivity index (χ1n) is 5.36. The molecule has 0 N–H and O–H groups in total. The first-order valence-corrected chi connectivity index (χ1v) is 6.48. The van der Waals surface area contributed by atoms with Crippen molar-refractivity contribution in [2.24, 2.45) is 0 Å². The second-order valence-electron chi connectivity index (χ2n) is 3.76. The second kappa shape index (κ2) is 6.74. The van der Waals surface area contributed by atoms with Gasteiger partial charge in [0.05, 0.1) is 11.5 Å². The predicted molar refractivity (Wildman–Crippen MR) is 66.5 cm³/mol. The lowest BCUT2D eigenvalue weighted by molar-refractivity contribution is -0.385. The van der Waals surface area contributed by atoms with Gasteiger partial charge >= 0.3 is 11.9 Å². The van der Waals surface area contributed by atoms with Crippen molar-refractivity contribution in [1.82, 2.24) is 0 Å². The van der Waals surface area contributed by atoms with E-state index in [1.807, 2.05) is 0 Å². The molecule has 0 saturated heterocycles. The van der Waals surface area contributed by atoms with E-state index in [1.165, 1.54) is 12.1 Å². The molecular weight excluding hydrogens is 331 g/mol. The molecule has 1 aromatic rings. The Morgan fingerprint density at radius 3 is 2.58 bits per heavy atom. The van der Waals surface area contributed by atoms with Crippen molar-refractivity contribution >= 4 is 21.6 Å². The Morgan fingerprint density at radius 1 is 1.37 bits per heavy atom. The van der Waals surface area contributed by atoms with Crippen LogP contribution in [-0.4, -0.2) is 17.7 Å². The molecule has 0 radical (unpaired) electrons. The molecule has 0 spiro atoms. The highest BCUT2D eigenvalue weighted by Gasteiger charge is 2.26. The molecule has 0 saturated carbocycles. The van der Waals surface area contributed by atoms with E-state index in [0.717, 1.165) is 5.56 Å². The van der Waals surface area contributed by atoms with Crippen molar-refractivity contribution in [3.05, 3.63) is 33.9 Å². The summed E-state index contributed by atoms with van der Waals surface area (Å²) < 4.78 is 40.9. The van der Waals surface area contributed by atoms with E-state index >= 15 is 0 Å². The SMILES string of the molecule is O=[N+]([O-])c1ccc(CBr)cc1OCCCC(F)(F)F. The Kier molecular flexibility index (Phi) is 5.59. The van der Waals surface area contributed by atoms with Crippen molar-refractivity contribution in [1.29, 1.82) is 0 Å². The smallest absolute Gasteiger partial charge is 0.389 e. The standard InChI is InChI=1S/C11H11BrF3NO3/c12-7-8-2-3-9(16(17)18)10(6-8)19-5-1-4-11(13,14)15/h2-3,6H,1,4-5,7H2. The van der Waals surface area contributed by atoms with Crippen LogP contribution >= 0.6 is 15.9 Å². The highest BCUT2D eigenvalue weighted by molar-refractivity contribution is 9.08. The number of hydrogen-bond donors (Lipinski definition) is 0. The summed E-state index contributed by atoms with van der Waals surface area (Å²) in [6.45, 7) is -0.216. The van der Waals surface area contributed by atoms with E-state index in [1.54, 1.807) is 6.07 Å². The fraction of sp³-hybridized carbons (Fsp3) is 0.455. The molecule has 0 bridgehead atoms. The van der Waals surface area contributed by atoms with E-state index in [2.05, 4.69) is 15.9 Å². The maximum atomic E-state index is 11.9. The normalized spacial score (nSPS) is 11.4. The molecule has 0 aliphatic rings. The third-order valence-electron chi connectivity index (χ3n) is 2.24. The zero-order chi connectivity index (χ0) is 14.5. The lowest BCUT2D eigenvalue weighted by Gasteiger charge is -2.09. The minimum Gasteiger partial charge on any atom is -0.487 e. The summed E-state index contributed by atoms with van der Waals surface area (Å²) in [5.41, 5.74) is 0.494. The Labute approximate surface area is 115 Å². The molecule has 106 valence electrons. The van der Waals surface area contributed by atoms with Crippen LogP contribution in [0.15, 0.2) is 18.2 Å². The number of halogens is 4. The summed E-state index contributed by atoms with van der Waals surface area (Å²) in [5.74, 6) is -0.0101. The van der Waals surface area contributed by atoms with Gasteiger partial charge in [-0.3, -0.25) is 10.1 Å². The van der Waals surface area contributed by atoms with Crippen LogP contribution < -0.4 is 4.74 Å². The largest absolute Gasteiger partial charge is 0.487 e. The molecule has 4 nitrogen and oxygen atoms in total. The molecule has 8 heteroatoms. The van der Waals surface area contributed by atoms with Crippen molar-refractivity contribution < 1.29 is 22.8 Å². The average Bonchev–Trinajstić information content (AvgIpc) is 2.33. The first kappa shape index (κ1) is 15.7. The van der Waals surface area contributed by atoms with Crippen LogP contribution in [0.5, 0.6) is 5.75 Å². The molecular formula is C11H11BrF3NO3. The third kappa shape index (κ3) is 5.46. The Hall–Kier alpha value is -1.31. The Balaban J connectivity index is 2.67. The molecule has 1 rings (SSSR count). The summed E-state index contributed by atoms with van der Waals surface area (Å²) in [6, 6.07) is 4.27. The molecule has 0 aliphatic carbocycles. The lowest BCUT2D eigenvalue weighted by atomic mass is 10.2. The van der Waals surface area contributed by atoms with Crippen molar-refractivity contribution in [3.8, 4) is 5.75 Å². The summed E-state index contributed by atoms with van der Waals surface area (Å²) in [5, 5.41) is 11.2. The summed E-state index contributed by atoms with van der Waals surface area (Å²) in [6.07, 6.45) is -5.45. The number of nitro groups is 1. The van der Waals surface area contributed by atoms with E-state index in [0.29, 0.717) is 5.33 Å². The van der Waals surface area contributed by atoms with Crippen LogP contribution in [0.2, 0.25) is 0 Å². The van der Waals surface area contributed by atoms with Crippen LogP contribution in [0.4, 0.5) is 18.9 Å². The van der Waals surface area contributed by atoms with Crippen LogP contribution in [0.1, 0.15) is 18.4 Å². The summed E-state index contributed by atoms with van der Waals surface area (Å²) >= 11 is 3.19. The minimum atomic E-state index is -4.24. The van der Waals surface area contributed by atoms with Gasteiger partial charge in [-0.15, -0.1) is 0 Å². The molecule has 0 heterocycles. The number of ether oxygens (including phenoxy) is 1. The second-order valence-corrected chi connectivity index (χ2v) is 4.32. The van der Waals surface area contributed by atoms with Gasteiger partial charge in [-0.05, 0) is 18.1 Å². The highest BCUT2D eigenvalue weighted by atomic mass is 79.9. The van der Waals surface area contributed by atoms with E-state index < -0.39 is 17.5 Å². The van der Waals surface area contributed by atoms with Gasteiger partial charge in [-0.2, -0.15) is 13.2 Å². The highest BCUT2D eigenvalue weighted by Crippen LogP contribution is 2.29. The van der Waals surface area contributed by atoms with Gasteiger partial charge in [0, 0.05) is 17.8 Å². The van der Waals surface area contributed by atoms with Crippen molar-refractivity contribution in [3.63, 3.8) is 0 Å². The molecule has 0 atom stereocenters. The predicted octanol–water partition coefficient (Wildman–Crippen LogP) is 4.21. The summed E-state index contributed by atoms with van der Waals surface area (Å²) in [7, 11) is 0. The van der Waals surface area contributed by atoms with Crippen molar-refractivity contribution in [2.45, 2.75) is 24.3 Å². The minimum absolute atomic E-state index is 0.0101. The molecule has 0 aliphatic heterocycles. The lowest BCUT2D eigenvalue weighted by Crippen LogP contribution is -2.10. The third-order valence-corrected chi connectivity index (χ3v) is 2.88. The fourth-order valence-corrected chi connectivity index (χ4v) is 1.71. The van der Waals surface area contributed by atoms with Gasteiger partial charge in [0.2, 0.25) is 0 Å². The number of rotatable bonds is 6. The van der Waals surface area contributed by atoms with Gasteiger partial charge in [-0.25, -0.2) is 0 Å². The number of alkyl halides is 4. The maximum Gasteiger partial charge on any atom is 0.389 e. The maximum absolute atomic E-state index is 11.9. The fourth-order valence-electron chi connectivity index (χ4n) is 1.36. The number of benzene rings is 1. The zero-order valence-corrected chi connectivity index (χ0v) is 11.3. The van der Waals surface area contributed by atoms with Gasteiger partial charge in [0.25, 0.3) is 0 Å². The molecule has 19 heavy (non-hydrogen) atoms. The van der Waals surface area contributed by atoms with Crippen LogP contribution in [0.25, 0.3) is 0 Å². The van der Waals surface area contributed by atoms with Crippen LogP contribution in [0.3, 0.4) is 0 Å². The van der Waals surface area contributed by atoms with E-state index in [4.69, 9.17) is 4.74 Å². The summed E-state index contributed by atoms with van der Waals surface area (Å²) in [4.78, 5) is 10.1. The zero-order valence-electron chi connectivity index (χ0n) is 9.74. The van der Waals surface area contributed by atoms with E-state index in [-0.39, 0.29) is 24.5 Å². The monoisotopic (exact) mass is 341 g/mol. The Morgan fingerprint density at radius 2 is 2.05 bits per heavy atom. The van der Waals surface area contributed by atoms with Gasteiger partial charge in [-0.1, -0.05) is 22.0 Å². The van der Waals surface area contributed by atoms with Crippen molar-refractivity contribution in [2.75, 3.05) is 6.61 Å². The topological polar surface area (TPSA) is 52.4 Å². The molecule has 0 unspecified atom stereocenters. The van der Waals surface area contributed by atoms with Crippen LogP contribution in [-0.2, 0) is 5.33 Å². The van der Waals surface area contributed by atoms with Crippen LogP contribution in [0, 0.1) is 10.1 Å². The van der Waals surface area contributed by atoms with Gasteiger partial charge in [0.1, 0.15) is 0 Å².